The van der Waals surface area contributed by atoms with Crippen LogP contribution in [0.25, 0.3) is 0 Å². The van der Waals surface area contributed by atoms with E-state index in [2.05, 4.69) is 10.6 Å². The number of carbonyl (C=O) groups excluding carboxylic acids is 1. The van der Waals surface area contributed by atoms with E-state index in [-0.39, 0.29) is 11.9 Å². The summed E-state index contributed by atoms with van der Waals surface area (Å²) in [6.07, 6.45) is 0.270. The van der Waals surface area contributed by atoms with Gasteiger partial charge in [-0.1, -0.05) is 6.42 Å². The largest absolute Gasteiger partial charge is 0.347 e. The Morgan fingerprint density at radius 2 is 2.21 bits per heavy atom. The van der Waals surface area contributed by atoms with Crippen LogP contribution in [0, 0.1) is 0 Å². The van der Waals surface area contributed by atoms with E-state index < -0.39 is 12.5 Å². The lowest BCUT2D eigenvalue weighted by Crippen LogP contribution is -2.50. The number of hydrogen-bond donors (Lipinski definition) is 2. The average Bonchev–Trinajstić information content (AvgIpc) is 2.19. The van der Waals surface area contributed by atoms with Crippen LogP contribution in [-0.2, 0) is 4.79 Å². The van der Waals surface area contributed by atoms with Crippen molar-refractivity contribution in [2.45, 2.75) is 44.7 Å². The second-order valence-corrected chi connectivity index (χ2v) is 3.63. The van der Waals surface area contributed by atoms with Crippen LogP contribution in [0.1, 0.15) is 26.2 Å². The fraction of sp³-hybridized carbons (Fsp3) is 0.889. The van der Waals surface area contributed by atoms with Gasteiger partial charge in [0, 0.05) is 0 Å². The van der Waals surface area contributed by atoms with Gasteiger partial charge < -0.3 is 10.6 Å². The quantitative estimate of drug-likeness (QED) is 0.720. The van der Waals surface area contributed by atoms with E-state index in [0.717, 1.165) is 25.8 Å². The fourth-order valence-electron chi connectivity index (χ4n) is 1.46. The molecule has 0 saturated carbocycles. The van der Waals surface area contributed by atoms with E-state index in [9.17, 15) is 13.6 Å². The summed E-state index contributed by atoms with van der Waals surface area (Å²) in [6, 6.07) is -1.35. The summed E-state index contributed by atoms with van der Waals surface area (Å²) in [7, 11) is 0. The van der Waals surface area contributed by atoms with Crippen LogP contribution in [0.5, 0.6) is 0 Å². The minimum Gasteiger partial charge on any atom is -0.347 e. The zero-order valence-electron chi connectivity index (χ0n) is 8.22. The van der Waals surface area contributed by atoms with E-state index >= 15 is 0 Å². The van der Waals surface area contributed by atoms with Crippen LogP contribution in [-0.4, -0.2) is 31.0 Å². The number of carbonyl (C=O) groups is 1. The number of halogens is 2. The van der Waals surface area contributed by atoms with Gasteiger partial charge in [-0.2, -0.15) is 0 Å². The zero-order chi connectivity index (χ0) is 10.6. The van der Waals surface area contributed by atoms with Crippen molar-refractivity contribution in [1.29, 1.82) is 0 Å². The summed E-state index contributed by atoms with van der Waals surface area (Å²) in [4.78, 5) is 11.4. The molecule has 0 aromatic heterocycles. The number of rotatable bonds is 3. The Balaban J connectivity index is 2.33. The Bertz CT molecular complexity index is 193. The van der Waals surface area contributed by atoms with Crippen molar-refractivity contribution in [3.05, 3.63) is 0 Å². The van der Waals surface area contributed by atoms with E-state index in [1.54, 1.807) is 0 Å². The highest BCUT2D eigenvalue weighted by Gasteiger charge is 2.24. The van der Waals surface area contributed by atoms with Crippen molar-refractivity contribution in [2.75, 3.05) is 6.54 Å². The van der Waals surface area contributed by atoms with E-state index in [1.807, 2.05) is 0 Å². The lowest BCUT2D eigenvalue weighted by Gasteiger charge is -2.24. The molecule has 1 aliphatic rings. The Labute approximate surface area is 82.2 Å². The van der Waals surface area contributed by atoms with Gasteiger partial charge in [-0.25, -0.2) is 8.78 Å². The molecule has 2 atom stereocenters. The van der Waals surface area contributed by atoms with E-state index in [0.29, 0.717) is 0 Å². The molecule has 2 N–H and O–H groups in total. The van der Waals surface area contributed by atoms with Gasteiger partial charge in [0.15, 0.2) is 0 Å². The van der Waals surface area contributed by atoms with Crippen LogP contribution in [0.2, 0.25) is 0 Å². The fourth-order valence-corrected chi connectivity index (χ4v) is 1.46. The lowest BCUT2D eigenvalue weighted by atomic mass is 10.0. The summed E-state index contributed by atoms with van der Waals surface area (Å²) in [5.41, 5.74) is 0. The summed E-state index contributed by atoms with van der Waals surface area (Å²) in [6.45, 7) is 2.10. The second kappa shape index (κ2) is 5.24. The summed E-state index contributed by atoms with van der Waals surface area (Å²) < 4.78 is 24.2. The minimum absolute atomic E-state index is 0.287. The molecule has 5 heteroatoms. The van der Waals surface area contributed by atoms with Crippen molar-refractivity contribution in [3.8, 4) is 0 Å². The van der Waals surface area contributed by atoms with Crippen LogP contribution in [0.3, 0.4) is 0 Å². The Morgan fingerprint density at radius 1 is 1.50 bits per heavy atom. The summed E-state index contributed by atoms with van der Waals surface area (Å²) in [5.74, 6) is -0.308. The molecule has 1 rings (SSSR count). The minimum atomic E-state index is -2.50. The normalized spacial score (nSPS) is 24.7. The van der Waals surface area contributed by atoms with E-state index in [1.165, 1.54) is 6.92 Å². The Hall–Kier alpha value is -0.710. The predicted octanol–water partition coefficient (Wildman–Crippen LogP) is 0.898. The molecule has 0 aromatic rings. The zero-order valence-corrected chi connectivity index (χ0v) is 8.22. The topological polar surface area (TPSA) is 41.1 Å². The Kier molecular flexibility index (Phi) is 4.25. The molecule has 1 fully saturated rings. The maximum absolute atomic E-state index is 12.1. The molecular weight excluding hydrogens is 190 g/mol. The molecule has 14 heavy (non-hydrogen) atoms. The van der Waals surface area contributed by atoms with Gasteiger partial charge in [0.2, 0.25) is 5.91 Å². The first kappa shape index (κ1) is 11.4. The molecule has 1 aliphatic heterocycles. The number of piperidine rings is 1. The van der Waals surface area contributed by atoms with Gasteiger partial charge in [-0.15, -0.1) is 0 Å². The average molecular weight is 206 g/mol. The van der Waals surface area contributed by atoms with Gasteiger partial charge >= 0.3 is 0 Å². The van der Waals surface area contributed by atoms with Crippen LogP contribution >= 0.6 is 0 Å². The molecule has 1 unspecified atom stereocenters. The predicted molar refractivity (Wildman–Crippen MR) is 49.3 cm³/mol. The number of alkyl halides is 2. The molecule has 0 bridgehead atoms. The second-order valence-electron chi connectivity index (χ2n) is 3.63. The third-order valence-electron chi connectivity index (χ3n) is 2.37. The number of amides is 1. The molecular formula is C9H16F2N2O. The van der Waals surface area contributed by atoms with Gasteiger partial charge in [-0.3, -0.25) is 4.79 Å². The number of nitrogens with one attached hydrogen (secondary N) is 2. The van der Waals surface area contributed by atoms with Crippen LogP contribution in [0.4, 0.5) is 8.78 Å². The van der Waals surface area contributed by atoms with Crippen LogP contribution < -0.4 is 10.6 Å². The van der Waals surface area contributed by atoms with E-state index in [4.69, 9.17) is 0 Å². The first-order valence-corrected chi connectivity index (χ1v) is 4.93. The molecule has 82 valence electrons. The van der Waals surface area contributed by atoms with Crippen molar-refractivity contribution in [2.24, 2.45) is 0 Å². The van der Waals surface area contributed by atoms with Crippen molar-refractivity contribution in [1.82, 2.24) is 10.6 Å². The third kappa shape index (κ3) is 3.21. The maximum Gasteiger partial charge on any atom is 0.258 e. The van der Waals surface area contributed by atoms with Gasteiger partial charge in [0.25, 0.3) is 6.43 Å². The standard InChI is InChI=1S/C9H16F2N2O/c1-6(8(10)11)13-9(14)7-4-2-3-5-12-7/h6-8,12H,2-5H2,1H3,(H,13,14)/t6?,7-/m0/s1. The lowest BCUT2D eigenvalue weighted by molar-refractivity contribution is -0.125. The highest BCUT2D eigenvalue weighted by atomic mass is 19.3. The van der Waals surface area contributed by atoms with Crippen molar-refractivity contribution in [3.63, 3.8) is 0 Å². The third-order valence-corrected chi connectivity index (χ3v) is 2.37. The number of hydrogen-bond acceptors (Lipinski definition) is 2. The smallest absolute Gasteiger partial charge is 0.258 e. The van der Waals surface area contributed by atoms with Crippen LogP contribution in [0.15, 0.2) is 0 Å². The summed E-state index contributed by atoms with van der Waals surface area (Å²) in [5, 5.41) is 5.30. The molecule has 3 nitrogen and oxygen atoms in total. The highest BCUT2D eigenvalue weighted by Crippen LogP contribution is 2.08. The van der Waals surface area contributed by atoms with Gasteiger partial charge in [-0.05, 0) is 26.3 Å². The maximum atomic E-state index is 12.1. The van der Waals surface area contributed by atoms with Gasteiger partial charge in [0.05, 0.1) is 12.1 Å². The summed E-state index contributed by atoms with van der Waals surface area (Å²) >= 11 is 0. The van der Waals surface area contributed by atoms with Gasteiger partial charge in [0.1, 0.15) is 0 Å². The Morgan fingerprint density at radius 3 is 2.71 bits per heavy atom. The molecule has 0 aromatic carbocycles. The molecule has 1 amide bonds. The molecule has 0 aliphatic carbocycles. The molecule has 1 heterocycles. The van der Waals surface area contributed by atoms with Crippen molar-refractivity contribution < 1.29 is 13.6 Å². The van der Waals surface area contributed by atoms with Crippen molar-refractivity contribution >= 4 is 5.91 Å². The molecule has 0 radical (unpaired) electrons. The molecule has 1 saturated heterocycles. The first-order chi connectivity index (χ1) is 6.61. The molecule has 0 spiro atoms. The SMILES string of the molecule is CC(NC(=O)[C@@H]1CCCCN1)C(F)F. The monoisotopic (exact) mass is 206 g/mol. The first-order valence-electron chi connectivity index (χ1n) is 4.93. The highest BCUT2D eigenvalue weighted by molar-refractivity contribution is 5.82.